The van der Waals surface area contributed by atoms with Crippen LogP contribution in [0.1, 0.15) is 35.1 Å². The number of anilines is 2. The third kappa shape index (κ3) is 3.18. The largest absolute Gasteiger partial charge is 0.504 e. The second kappa shape index (κ2) is 7.81. The highest BCUT2D eigenvalue weighted by Crippen LogP contribution is 2.51. The average molecular weight is 475 g/mol. The molecule has 2 N–H and O–H groups in total. The molecule has 3 unspecified atom stereocenters. The number of nitrogens with zero attached hydrogens (tertiary/aromatic N) is 1. The molecule has 7 heteroatoms. The third-order valence-electron chi connectivity index (χ3n) is 7.33. The first kappa shape index (κ1) is 21.1. The molecule has 0 amide bonds. The summed E-state index contributed by atoms with van der Waals surface area (Å²) in [6, 6.07) is 18.6. The molecule has 2 aliphatic heterocycles. The Balaban J connectivity index is 1.37. The number of phenols is 1. The second-order valence-electron chi connectivity index (χ2n) is 9.11. The van der Waals surface area contributed by atoms with E-state index in [1.165, 1.54) is 11.4 Å². The number of sulfonamides is 1. The van der Waals surface area contributed by atoms with Gasteiger partial charge in [0.1, 0.15) is 0 Å². The topological polar surface area (TPSA) is 78.9 Å². The van der Waals surface area contributed by atoms with E-state index in [4.69, 9.17) is 4.74 Å². The summed E-state index contributed by atoms with van der Waals surface area (Å²) in [5.41, 5.74) is 4.75. The molecule has 34 heavy (non-hydrogen) atoms. The minimum absolute atomic E-state index is 0.00257. The molecule has 0 saturated heterocycles. The van der Waals surface area contributed by atoms with Crippen molar-refractivity contribution in [2.75, 3.05) is 23.3 Å². The minimum atomic E-state index is -3.66. The van der Waals surface area contributed by atoms with Gasteiger partial charge in [-0.25, -0.2) is 8.42 Å². The fourth-order valence-corrected chi connectivity index (χ4v) is 7.19. The van der Waals surface area contributed by atoms with Crippen LogP contribution in [0.15, 0.2) is 77.7 Å². The van der Waals surface area contributed by atoms with Gasteiger partial charge in [-0.1, -0.05) is 36.4 Å². The average Bonchev–Trinajstić information content (AvgIpc) is 3.51. The van der Waals surface area contributed by atoms with Gasteiger partial charge < -0.3 is 15.2 Å². The zero-order chi connectivity index (χ0) is 23.4. The van der Waals surface area contributed by atoms with Crippen molar-refractivity contribution in [2.24, 2.45) is 5.92 Å². The second-order valence-corrected chi connectivity index (χ2v) is 11.0. The van der Waals surface area contributed by atoms with Gasteiger partial charge in [0.2, 0.25) is 0 Å². The summed E-state index contributed by atoms with van der Waals surface area (Å²) in [4.78, 5) is 0.323. The number of para-hydroxylation sites is 1. The Morgan fingerprint density at radius 2 is 1.94 bits per heavy atom. The molecular formula is C27H26N2O4S. The summed E-state index contributed by atoms with van der Waals surface area (Å²) in [5, 5.41) is 13.9. The van der Waals surface area contributed by atoms with Crippen LogP contribution in [-0.4, -0.2) is 27.2 Å². The van der Waals surface area contributed by atoms with Gasteiger partial charge in [-0.2, -0.15) is 0 Å². The van der Waals surface area contributed by atoms with Crippen LogP contribution >= 0.6 is 0 Å². The van der Waals surface area contributed by atoms with Crippen LogP contribution in [0.25, 0.3) is 0 Å². The van der Waals surface area contributed by atoms with E-state index in [9.17, 15) is 13.5 Å². The predicted octanol–water partition coefficient (Wildman–Crippen LogP) is 4.98. The highest BCUT2D eigenvalue weighted by molar-refractivity contribution is 7.92. The zero-order valence-corrected chi connectivity index (χ0v) is 19.6. The molecule has 174 valence electrons. The van der Waals surface area contributed by atoms with Crippen LogP contribution in [-0.2, 0) is 16.4 Å². The van der Waals surface area contributed by atoms with E-state index in [1.807, 2.05) is 42.5 Å². The van der Waals surface area contributed by atoms with E-state index in [2.05, 4.69) is 17.5 Å². The highest BCUT2D eigenvalue weighted by Gasteiger charge is 2.39. The summed E-state index contributed by atoms with van der Waals surface area (Å²) >= 11 is 0. The number of hydrogen-bond acceptors (Lipinski definition) is 5. The standard InChI is InChI=1S/C27H26N2O4S/c1-33-26-12-9-18(15-25(26)30)27-21-7-4-6-20(21)22-16-19(10-11-23(22)28-27)34(31,32)29-14-13-17-5-2-3-8-24(17)29/h2-6,8-12,15-16,20-21,27-28,30H,7,13-14H2,1H3. The van der Waals surface area contributed by atoms with Gasteiger partial charge in [0.25, 0.3) is 10.0 Å². The predicted molar refractivity (Wildman–Crippen MR) is 132 cm³/mol. The summed E-state index contributed by atoms with van der Waals surface area (Å²) in [6.07, 6.45) is 5.96. The van der Waals surface area contributed by atoms with Gasteiger partial charge in [0, 0.05) is 18.2 Å². The lowest BCUT2D eigenvalue weighted by Gasteiger charge is -2.38. The van der Waals surface area contributed by atoms with Gasteiger partial charge in [0.05, 0.1) is 23.7 Å². The van der Waals surface area contributed by atoms with E-state index in [1.54, 1.807) is 18.2 Å². The van der Waals surface area contributed by atoms with Crippen molar-refractivity contribution in [1.29, 1.82) is 0 Å². The first-order chi connectivity index (χ1) is 16.5. The number of allylic oxidation sites excluding steroid dienone is 2. The third-order valence-corrected chi connectivity index (χ3v) is 9.14. The van der Waals surface area contributed by atoms with Gasteiger partial charge in [-0.05, 0) is 71.8 Å². The van der Waals surface area contributed by atoms with Crippen molar-refractivity contribution in [2.45, 2.75) is 29.7 Å². The van der Waals surface area contributed by atoms with Crippen molar-refractivity contribution >= 4 is 21.4 Å². The van der Waals surface area contributed by atoms with E-state index in [-0.39, 0.29) is 23.6 Å². The number of rotatable bonds is 4. The van der Waals surface area contributed by atoms with Crippen LogP contribution < -0.4 is 14.4 Å². The maximum absolute atomic E-state index is 13.6. The lowest BCUT2D eigenvalue weighted by molar-refractivity contribution is 0.371. The molecule has 3 aromatic carbocycles. The Bertz CT molecular complexity index is 1420. The van der Waals surface area contributed by atoms with Crippen LogP contribution in [0.2, 0.25) is 0 Å². The maximum Gasteiger partial charge on any atom is 0.264 e. The molecule has 3 aliphatic rings. The summed E-state index contributed by atoms with van der Waals surface area (Å²) in [6.45, 7) is 0.464. The lowest BCUT2D eigenvalue weighted by Crippen LogP contribution is -2.31. The van der Waals surface area contributed by atoms with Crippen molar-refractivity contribution < 1.29 is 18.3 Å². The molecule has 6 rings (SSSR count). The number of benzene rings is 3. The number of nitrogens with one attached hydrogen (secondary N) is 1. The summed E-state index contributed by atoms with van der Waals surface area (Å²) in [5.74, 6) is 0.888. The molecule has 2 heterocycles. The number of aromatic hydroxyl groups is 1. The maximum atomic E-state index is 13.6. The van der Waals surface area contributed by atoms with E-state index >= 15 is 0 Å². The molecule has 0 spiro atoms. The fraction of sp³-hybridized carbons (Fsp3) is 0.259. The summed E-state index contributed by atoms with van der Waals surface area (Å²) < 4.78 is 33.9. The Morgan fingerprint density at radius 1 is 1.09 bits per heavy atom. The Morgan fingerprint density at radius 3 is 2.76 bits per heavy atom. The van der Waals surface area contributed by atoms with Gasteiger partial charge in [-0.3, -0.25) is 4.31 Å². The normalized spacial score (nSPS) is 22.6. The monoisotopic (exact) mass is 474 g/mol. The molecule has 0 bridgehead atoms. The smallest absolute Gasteiger partial charge is 0.264 e. The molecule has 0 aromatic heterocycles. The Labute approximate surface area is 199 Å². The highest BCUT2D eigenvalue weighted by atomic mass is 32.2. The van der Waals surface area contributed by atoms with Crippen LogP contribution in [0.3, 0.4) is 0 Å². The zero-order valence-electron chi connectivity index (χ0n) is 18.8. The first-order valence-corrected chi connectivity index (χ1v) is 13.0. The van der Waals surface area contributed by atoms with Crippen molar-refractivity contribution in [3.05, 3.63) is 89.5 Å². The number of hydrogen-bond donors (Lipinski definition) is 2. The minimum Gasteiger partial charge on any atom is -0.504 e. The Hall–Kier alpha value is -3.45. The molecule has 3 aromatic rings. The first-order valence-electron chi connectivity index (χ1n) is 11.5. The quantitative estimate of drug-likeness (QED) is 0.522. The van der Waals surface area contributed by atoms with Crippen LogP contribution in [0.5, 0.6) is 11.5 Å². The van der Waals surface area contributed by atoms with Crippen molar-refractivity contribution in [1.82, 2.24) is 0 Å². The van der Waals surface area contributed by atoms with Crippen LogP contribution in [0, 0.1) is 5.92 Å². The number of fused-ring (bicyclic) bond motifs is 4. The molecule has 0 fully saturated rings. The fourth-order valence-electron chi connectivity index (χ4n) is 5.65. The molecule has 6 nitrogen and oxygen atoms in total. The van der Waals surface area contributed by atoms with E-state index in [0.717, 1.165) is 40.9 Å². The molecular weight excluding hydrogens is 448 g/mol. The van der Waals surface area contributed by atoms with Crippen molar-refractivity contribution in [3.63, 3.8) is 0 Å². The molecule has 0 radical (unpaired) electrons. The molecule has 3 atom stereocenters. The number of methoxy groups -OCH3 is 1. The molecule has 0 saturated carbocycles. The van der Waals surface area contributed by atoms with Crippen molar-refractivity contribution in [3.8, 4) is 11.5 Å². The van der Waals surface area contributed by atoms with E-state index in [0.29, 0.717) is 17.2 Å². The van der Waals surface area contributed by atoms with Gasteiger partial charge >= 0.3 is 0 Å². The molecule has 1 aliphatic carbocycles. The lowest BCUT2D eigenvalue weighted by atomic mass is 9.77. The van der Waals surface area contributed by atoms with Gasteiger partial charge in [0.15, 0.2) is 11.5 Å². The number of ether oxygens (including phenoxy) is 1. The van der Waals surface area contributed by atoms with E-state index < -0.39 is 10.0 Å². The number of phenolic OH excluding ortho intramolecular Hbond substituents is 1. The van der Waals surface area contributed by atoms with Gasteiger partial charge in [-0.15, -0.1) is 0 Å². The SMILES string of the molecule is COc1ccc(C2Nc3ccc(S(=O)(=O)N4CCc5ccccc54)cc3C3C=CCC32)cc1O. The van der Waals surface area contributed by atoms with Crippen LogP contribution in [0.4, 0.5) is 11.4 Å². The Kier molecular flexibility index (Phi) is 4.85. The summed E-state index contributed by atoms with van der Waals surface area (Å²) in [7, 11) is -2.12.